The predicted molar refractivity (Wildman–Crippen MR) is 76.1 cm³/mol. The van der Waals surface area contributed by atoms with Gasteiger partial charge in [0.15, 0.2) is 5.82 Å². The molecule has 0 radical (unpaired) electrons. The predicted octanol–water partition coefficient (Wildman–Crippen LogP) is 3.10. The first-order chi connectivity index (χ1) is 9.24. The van der Waals surface area contributed by atoms with Crippen LogP contribution in [0.5, 0.6) is 0 Å². The van der Waals surface area contributed by atoms with Crippen molar-refractivity contribution < 1.29 is 4.79 Å². The van der Waals surface area contributed by atoms with Crippen LogP contribution in [-0.4, -0.2) is 16.1 Å². The molecule has 2 aromatic rings. The second kappa shape index (κ2) is 6.18. The maximum atomic E-state index is 12.3. The van der Waals surface area contributed by atoms with E-state index in [1.54, 1.807) is 0 Å². The molecular formula is C15H19N3O. The van der Waals surface area contributed by atoms with E-state index >= 15 is 0 Å². The summed E-state index contributed by atoms with van der Waals surface area (Å²) in [6.07, 6.45) is 1.64. The monoisotopic (exact) mass is 257 g/mol. The number of carbonyl (C=O) groups is 1. The molecule has 4 heteroatoms. The molecule has 4 nitrogen and oxygen atoms in total. The van der Waals surface area contributed by atoms with Gasteiger partial charge in [0.25, 0.3) is 0 Å². The third-order valence-electron chi connectivity index (χ3n) is 3.19. The minimum absolute atomic E-state index is 0.0112. The van der Waals surface area contributed by atoms with Crippen molar-refractivity contribution in [1.29, 1.82) is 0 Å². The molecular weight excluding hydrogens is 238 g/mol. The van der Waals surface area contributed by atoms with Crippen molar-refractivity contribution in [3.05, 3.63) is 47.7 Å². The molecule has 1 aromatic carbocycles. The van der Waals surface area contributed by atoms with Gasteiger partial charge in [0, 0.05) is 11.8 Å². The number of rotatable bonds is 5. The highest BCUT2D eigenvalue weighted by Gasteiger charge is 2.19. The van der Waals surface area contributed by atoms with Gasteiger partial charge in [-0.15, -0.1) is 0 Å². The summed E-state index contributed by atoms with van der Waals surface area (Å²) in [7, 11) is 0. The molecule has 0 aliphatic rings. The van der Waals surface area contributed by atoms with Gasteiger partial charge in [0.05, 0.1) is 5.92 Å². The Bertz CT molecular complexity index is 533. The summed E-state index contributed by atoms with van der Waals surface area (Å²) in [4.78, 5) is 12.3. The first-order valence-corrected chi connectivity index (χ1v) is 6.64. The molecule has 19 heavy (non-hydrogen) atoms. The summed E-state index contributed by atoms with van der Waals surface area (Å²) in [6.45, 7) is 4.05. The number of amides is 1. The number of hydrogen-bond donors (Lipinski definition) is 2. The van der Waals surface area contributed by atoms with Gasteiger partial charge in [0.2, 0.25) is 5.91 Å². The van der Waals surface area contributed by atoms with Gasteiger partial charge >= 0.3 is 0 Å². The van der Waals surface area contributed by atoms with Crippen molar-refractivity contribution in [1.82, 2.24) is 10.2 Å². The molecule has 0 saturated heterocycles. The van der Waals surface area contributed by atoms with Crippen LogP contribution in [0.2, 0.25) is 0 Å². The van der Waals surface area contributed by atoms with E-state index in [4.69, 9.17) is 0 Å². The highest BCUT2D eigenvalue weighted by atomic mass is 16.1. The Morgan fingerprint density at radius 2 is 2.05 bits per heavy atom. The van der Waals surface area contributed by atoms with Crippen molar-refractivity contribution in [2.24, 2.45) is 0 Å². The fourth-order valence-electron chi connectivity index (χ4n) is 2.08. The van der Waals surface area contributed by atoms with E-state index in [-0.39, 0.29) is 11.8 Å². The molecule has 1 atom stereocenters. The zero-order chi connectivity index (χ0) is 13.7. The Labute approximate surface area is 113 Å². The summed E-state index contributed by atoms with van der Waals surface area (Å²) in [5.41, 5.74) is 2.05. The molecule has 1 heterocycles. The summed E-state index contributed by atoms with van der Waals surface area (Å²) in [6, 6.07) is 11.7. The van der Waals surface area contributed by atoms with Crippen LogP contribution in [0.1, 0.15) is 37.4 Å². The van der Waals surface area contributed by atoms with Crippen LogP contribution in [0.25, 0.3) is 0 Å². The van der Waals surface area contributed by atoms with Crippen LogP contribution in [0.15, 0.2) is 36.4 Å². The Kier molecular flexibility index (Phi) is 4.34. The fraction of sp³-hybridized carbons (Fsp3) is 0.333. The minimum atomic E-state index is -0.136. The number of H-pyrrole nitrogens is 1. The first kappa shape index (κ1) is 13.3. The summed E-state index contributed by atoms with van der Waals surface area (Å²) in [5, 5.41) is 9.84. The normalized spacial score (nSPS) is 12.1. The van der Waals surface area contributed by atoms with Gasteiger partial charge in [0.1, 0.15) is 0 Å². The third-order valence-corrected chi connectivity index (χ3v) is 3.19. The van der Waals surface area contributed by atoms with Gasteiger partial charge in [-0.05, 0) is 18.4 Å². The smallest absolute Gasteiger partial charge is 0.233 e. The molecule has 1 amide bonds. The van der Waals surface area contributed by atoms with Crippen LogP contribution in [0.4, 0.5) is 5.82 Å². The number of aromatic nitrogens is 2. The van der Waals surface area contributed by atoms with Crippen LogP contribution in [0, 0.1) is 0 Å². The average molecular weight is 257 g/mol. The maximum Gasteiger partial charge on any atom is 0.233 e. The molecule has 2 N–H and O–H groups in total. The maximum absolute atomic E-state index is 12.3. The molecule has 0 aliphatic heterocycles. The highest BCUT2D eigenvalue weighted by molar-refractivity contribution is 5.95. The van der Waals surface area contributed by atoms with E-state index in [2.05, 4.69) is 15.5 Å². The van der Waals surface area contributed by atoms with Gasteiger partial charge in [-0.2, -0.15) is 5.10 Å². The molecule has 0 aliphatic carbocycles. The van der Waals surface area contributed by atoms with Gasteiger partial charge < -0.3 is 5.32 Å². The van der Waals surface area contributed by atoms with Crippen molar-refractivity contribution in [2.75, 3.05) is 5.32 Å². The topological polar surface area (TPSA) is 57.8 Å². The van der Waals surface area contributed by atoms with Crippen LogP contribution in [0.3, 0.4) is 0 Å². The molecule has 2 rings (SSSR count). The van der Waals surface area contributed by atoms with Crippen molar-refractivity contribution >= 4 is 11.7 Å². The second-order valence-electron chi connectivity index (χ2n) is 4.49. The summed E-state index contributed by atoms with van der Waals surface area (Å²) in [5.74, 6) is 0.446. The second-order valence-corrected chi connectivity index (χ2v) is 4.49. The molecule has 0 bridgehead atoms. The number of nitrogens with zero attached hydrogens (tertiary/aromatic N) is 1. The molecule has 0 saturated carbocycles. The molecule has 100 valence electrons. The largest absolute Gasteiger partial charge is 0.309 e. The van der Waals surface area contributed by atoms with Crippen LogP contribution < -0.4 is 5.32 Å². The Morgan fingerprint density at radius 3 is 2.63 bits per heavy atom. The highest BCUT2D eigenvalue weighted by Crippen LogP contribution is 2.21. The van der Waals surface area contributed by atoms with E-state index in [0.29, 0.717) is 5.82 Å². The molecule has 0 fully saturated rings. The van der Waals surface area contributed by atoms with E-state index in [0.717, 1.165) is 24.1 Å². The van der Waals surface area contributed by atoms with Crippen molar-refractivity contribution in [2.45, 2.75) is 32.6 Å². The molecule has 1 aromatic heterocycles. The Balaban J connectivity index is 2.09. The number of carbonyl (C=O) groups excluding carboxylic acids is 1. The minimum Gasteiger partial charge on any atom is -0.309 e. The first-order valence-electron chi connectivity index (χ1n) is 6.64. The van der Waals surface area contributed by atoms with Gasteiger partial charge in [-0.1, -0.05) is 44.2 Å². The van der Waals surface area contributed by atoms with Crippen molar-refractivity contribution in [3.8, 4) is 0 Å². The van der Waals surface area contributed by atoms with Crippen molar-refractivity contribution in [3.63, 3.8) is 0 Å². The summed E-state index contributed by atoms with van der Waals surface area (Å²) < 4.78 is 0. The number of benzene rings is 1. The fourth-order valence-corrected chi connectivity index (χ4v) is 2.08. The molecule has 1 unspecified atom stereocenters. The van der Waals surface area contributed by atoms with E-state index in [1.165, 1.54) is 0 Å². The van der Waals surface area contributed by atoms with E-state index in [1.807, 2.05) is 50.2 Å². The summed E-state index contributed by atoms with van der Waals surface area (Å²) >= 11 is 0. The van der Waals surface area contributed by atoms with Gasteiger partial charge in [-0.3, -0.25) is 9.89 Å². The van der Waals surface area contributed by atoms with Gasteiger partial charge in [-0.25, -0.2) is 0 Å². The lowest BCUT2D eigenvalue weighted by Crippen LogP contribution is -2.20. The Morgan fingerprint density at radius 1 is 1.32 bits per heavy atom. The quantitative estimate of drug-likeness (QED) is 0.864. The lowest BCUT2D eigenvalue weighted by atomic mass is 9.96. The number of nitrogens with one attached hydrogen (secondary N) is 2. The lowest BCUT2D eigenvalue weighted by molar-refractivity contribution is -0.117. The number of aromatic amines is 1. The third kappa shape index (κ3) is 3.22. The van der Waals surface area contributed by atoms with E-state index < -0.39 is 0 Å². The molecule has 0 spiro atoms. The zero-order valence-electron chi connectivity index (χ0n) is 11.3. The van der Waals surface area contributed by atoms with Crippen LogP contribution in [-0.2, 0) is 11.2 Å². The SMILES string of the molecule is CCc1cc(NC(=O)C(CC)c2ccccc2)n[nH]1. The van der Waals surface area contributed by atoms with E-state index in [9.17, 15) is 4.79 Å². The standard InChI is InChI=1S/C15H19N3O/c1-3-12-10-14(18-17-12)16-15(19)13(4-2)11-8-6-5-7-9-11/h5-10,13H,3-4H2,1-2H3,(H2,16,17,18,19). The number of hydrogen-bond acceptors (Lipinski definition) is 2. The lowest BCUT2D eigenvalue weighted by Gasteiger charge is -2.14. The zero-order valence-corrected chi connectivity index (χ0v) is 11.3. The number of aryl methyl sites for hydroxylation is 1. The van der Waals surface area contributed by atoms with Crippen LogP contribution >= 0.6 is 0 Å². The number of anilines is 1. The average Bonchev–Trinajstić information content (AvgIpc) is 2.88. The Hall–Kier alpha value is -2.10.